The maximum atomic E-state index is 3.93. The molecule has 0 N–H and O–H groups in total. The minimum absolute atomic E-state index is 0. The third-order valence-corrected chi connectivity index (χ3v) is 5.15. The maximum absolute atomic E-state index is 3.93. The molecule has 4 nitrogen and oxygen atoms in total. The summed E-state index contributed by atoms with van der Waals surface area (Å²) in [5.41, 5.74) is 5.53. The van der Waals surface area contributed by atoms with Gasteiger partial charge in [0.05, 0.1) is 0 Å². The standard InChI is InChI=1S/4C8H11N.Mn/c4*1-2-3-8-4-6-9-7-5-8;/h4*4-7H,2-3H2,1H3;/q;;;;+3. The second-order valence-corrected chi connectivity index (χ2v) is 8.42. The van der Waals surface area contributed by atoms with Gasteiger partial charge >= 0.3 is 17.1 Å². The van der Waals surface area contributed by atoms with Gasteiger partial charge in [0.25, 0.3) is 0 Å². The van der Waals surface area contributed by atoms with Crippen molar-refractivity contribution in [2.45, 2.75) is 79.1 Å². The van der Waals surface area contributed by atoms with Crippen LogP contribution in [0.3, 0.4) is 0 Å². The number of pyridine rings is 4. The molecule has 0 aliphatic carbocycles. The Morgan fingerprint density at radius 1 is 0.351 bits per heavy atom. The second-order valence-electron chi connectivity index (χ2n) is 8.42. The fraction of sp³-hybridized carbons (Fsp3) is 0.375. The van der Waals surface area contributed by atoms with Crippen LogP contribution in [-0.2, 0) is 42.8 Å². The van der Waals surface area contributed by atoms with E-state index >= 15 is 0 Å². The molecule has 0 fully saturated rings. The zero-order valence-corrected chi connectivity index (χ0v) is 24.2. The van der Waals surface area contributed by atoms with E-state index in [1.165, 1.54) is 73.6 Å². The van der Waals surface area contributed by atoms with Crippen molar-refractivity contribution in [1.82, 2.24) is 19.9 Å². The Morgan fingerprint density at radius 3 is 0.649 bits per heavy atom. The zero-order chi connectivity index (χ0) is 26.1. The molecule has 196 valence electrons. The van der Waals surface area contributed by atoms with Gasteiger partial charge in [0, 0.05) is 49.6 Å². The van der Waals surface area contributed by atoms with Crippen LogP contribution in [0.25, 0.3) is 0 Å². The summed E-state index contributed by atoms with van der Waals surface area (Å²) in [6.45, 7) is 8.72. The van der Waals surface area contributed by atoms with E-state index in [0.717, 1.165) is 0 Å². The van der Waals surface area contributed by atoms with Crippen LogP contribution in [0.2, 0.25) is 0 Å². The van der Waals surface area contributed by atoms with Crippen LogP contribution in [0.4, 0.5) is 0 Å². The summed E-state index contributed by atoms with van der Waals surface area (Å²) in [6.07, 6.45) is 24.2. The molecule has 0 atom stereocenters. The Kier molecular flexibility index (Phi) is 22.9. The Balaban J connectivity index is 0.000000463. The molecule has 0 radical (unpaired) electrons. The summed E-state index contributed by atoms with van der Waals surface area (Å²) in [4.78, 5) is 15.7. The summed E-state index contributed by atoms with van der Waals surface area (Å²) in [5, 5.41) is 0. The van der Waals surface area contributed by atoms with Gasteiger partial charge in [-0.15, -0.1) is 0 Å². The zero-order valence-electron chi connectivity index (χ0n) is 23.1. The predicted molar refractivity (Wildman–Crippen MR) is 153 cm³/mol. The van der Waals surface area contributed by atoms with E-state index in [1.54, 1.807) is 0 Å². The van der Waals surface area contributed by atoms with Crippen LogP contribution in [0.1, 0.15) is 75.6 Å². The van der Waals surface area contributed by atoms with E-state index in [1.807, 2.05) is 49.6 Å². The topological polar surface area (TPSA) is 51.6 Å². The second kappa shape index (κ2) is 24.8. The van der Waals surface area contributed by atoms with Gasteiger partial charge in [0.1, 0.15) is 0 Å². The van der Waals surface area contributed by atoms with Crippen LogP contribution < -0.4 is 0 Å². The molecule has 0 unspecified atom stereocenters. The number of aryl methyl sites for hydroxylation is 4. The Bertz CT molecular complexity index is 803. The molecule has 0 aliphatic heterocycles. The average Bonchev–Trinajstić information content (AvgIpc) is 2.93. The molecular formula is C32H44MnN4+3. The SMILES string of the molecule is CCCc1ccncc1.CCCc1ccncc1.CCCc1ccncc1.CCCc1ccncc1.[Mn+3]. The van der Waals surface area contributed by atoms with E-state index in [0.29, 0.717) is 0 Å². The summed E-state index contributed by atoms with van der Waals surface area (Å²) in [5.74, 6) is 0. The summed E-state index contributed by atoms with van der Waals surface area (Å²) in [6, 6.07) is 16.5. The van der Waals surface area contributed by atoms with Crippen molar-refractivity contribution in [1.29, 1.82) is 0 Å². The largest absolute Gasteiger partial charge is 3.00 e. The average molecular weight is 540 g/mol. The van der Waals surface area contributed by atoms with E-state index < -0.39 is 0 Å². The van der Waals surface area contributed by atoms with Crippen LogP contribution in [0, 0.1) is 0 Å². The number of aromatic nitrogens is 4. The van der Waals surface area contributed by atoms with Crippen molar-refractivity contribution in [3.05, 3.63) is 120 Å². The molecule has 4 aromatic rings. The van der Waals surface area contributed by atoms with Crippen molar-refractivity contribution in [2.24, 2.45) is 0 Å². The molecule has 0 aromatic carbocycles. The van der Waals surface area contributed by atoms with E-state index in [9.17, 15) is 0 Å². The Morgan fingerprint density at radius 2 is 0.514 bits per heavy atom. The molecule has 0 saturated carbocycles. The molecular weight excluding hydrogens is 495 g/mol. The van der Waals surface area contributed by atoms with Crippen molar-refractivity contribution in [2.75, 3.05) is 0 Å². The Hall–Kier alpha value is -2.88. The smallest absolute Gasteiger partial charge is 0.265 e. The van der Waals surface area contributed by atoms with Gasteiger partial charge in [-0.05, 0) is 96.5 Å². The first kappa shape index (κ1) is 34.1. The molecule has 0 aliphatic rings. The minimum Gasteiger partial charge on any atom is -0.265 e. The van der Waals surface area contributed by atoms with Crippen LogP contribution in [-0.4, -0.2) is 19.9 Å². The monoisotopic (exact) mass is 539 g/mol. The first-order valence-corrected chi connectivity index (χ1v) is 13.3. The minimum atomic E-state index is 0. The van der Waals surface area contributed by atoms with Crippen LogP contribution >= 0.6 is 0 Å². The number of hydrogen-bond donors (Lipinski definition) is 0. The van der Waals surface area contributed by atoms with Crippen molar-refractivity contribution >= 4 is 0 Å². The van der Waals surface area contributed by atoms with Gasteiger partial charge in [-0.25, -0.2) is 0 Å². The first-order valence-electron chi connectivity index (χ1n) is 13.3. The summed E-state index contributed by atoms with van der Waals surface area (Å²) in [7, 11) is 0. The Labute approximate surface area is 235 Å². The molecule has 4 heterocycles. The molecule has 37 heavy (non-hydrogen) atoms. The van der Waals surface area contributed by atoms with Gasteiger partial charge in [-0.2, -0.15) is 0 Å². The van der Waals surface area contributed by atoms with Gasteiger partial charge in [-0.1, -0.05) is 53.4 Å². The van der Waals surface area contributed by atoms with Crippen molar-refractivity contribution in [3.8, 4) is 0 Å². The van der Waals surface area contributed by atoms with Crippen molar-refractivity contribution < 1.29 is 17.1 Å². The molecule has 4 rings (SSSR count). The first-order chi connectivity index (χ1) is 17.7. The molecule has 4 aromatic heterocycles. The third-order valence-electron chi connectivity index (χ3n) is 5.15. The number of rotatable bonds is 8. The van der Waals surface area contributed by atoms with E-state index in [4.69, 9.17) is 0 Å². The third kappa shape index (κ3) is 19.0. The number of nitrogens with zero attached hydrogens (tertiary/aromatic N) is 4. The number of hydrogen-bond acceptors (Lipinski definition) is 4. The van der Waals surface area contributed by atoms with Crippen LogP contribution in [0.5, 0.6) is 0 Å². The van der Waals surface area contributed by atoms with Gasteiger partial charge < -0.3 is 0 Å². The summed E-state index contributed by atoms with van der Waals surface area (Å²) < 4.78 is 0. The van der Waals surface area contributed by atoms with Crippen molar-refractivity contribution in [3.63, 3.8) is 0 Å². The molecule has 0 bridgehead atoms. The summed E-state index contributed by atoms with van der Waals surface area (Å²) >= 11 is 0. The molecule has 5 heteroatoms. The van der Waals surface area contributed by atoms with E-state index in [2.05, 4.69) is 96.2 Å². The maximum Gasteiger partial charge on any atom is 3.00 e. The molecule has 0 amide bonds. The molecule has 0 saturated heterocycles. The molecule has 0 spiro atoms. The normalized spacial score (nSPS) is 9.19. The fourth-order valence-corrected chi connectivity index (χ4v) is 3.35. The van der Waals surface area contributed by atoms with E-state index in [-0.39, 0.29) is 17.1 Å². The van der Waals surface area contributed by atoms with Gasteiger partial charge in [0.2, 0.25) is 0 Å². The predicted octanol–water partition coefficient (Wildman–Crippen LogP) is 8.13. The van der Waals surface area contributed by atoms with Gasteiger partial charge in [0.15, 0.2) is 0 Å². The quantitative estimate of drug-likeness (QED) is 0.212. The fourth-order valence-electron chi connectivity index (χ4n) is 3.35. The van der Waals surface area contributed by atoms with Crippen LogP contribution in [0.15, 0.2) is 98.1 Å². The van der Waals surface area contributed by atoms with Gasteiger partial charge in [-0.3, -0.25) is 19.9 Å².